The first-order chi connectivity index (χ1) is 11.1. The Balaban J connectivity index is 1.97. The lowest BCUT2D eigenvalue weighted by atomic mass is 9.93. The van der Waals surface area contributed by atoms with Gasteiger partial charge in [-0.05, 0) is 48.5 Å². The van der Waals surface area contributed by atoms with E-state index in [2.05, 4.69) is 36.5 Å². The summed E-state index contributed by atoms with van der Waals surface area (Å²) in [6, 6.07) is 0.327. The maximum atomic E-state index is 11.5. The molecule has 1 saturated carbocycles. The van der Waals surface area contributed by atoms with Crippen molar-refractivity contribution in [3.8, 4) is 0 Å². The molecule has 7 nitrogen and oxygen atoms in total. The van der Waals surface area contributed by atoms with Gasteiger partial charge in [-0.2, -0.15) is 0 Å². The van der Waals surface area contributed by atoms with Crippen LogP contribution in [0.4, 0.5) is 11.6 Å². The summed E-state index contributed by atoms with van der Waals surface area (Å²) in [5, 5.41) is 6.40. The molecule has 0 bridgehead atoms. The molecule has 1 fully saturated rings. The van der Waals surface area contributed by atoms with Crippen molar-refractivity contribution in [2.75, 3.05) is 30.9 Å². The number of anilines is 2. The van der Waals surface area contributed by atoms with E-state index in [0.717, 1.165) is 25.7 Å². The average molecular weight is 387 g/mol. The van der Waals surface area contributed by atoms with E-state index in [1.54, 1.807) is 20.2 Å². The van der Waals surface area contributed by atoms with Crippen LogP contribution < -0.4 is 10.6 Å². The number of methoxy groups -OCH3 is 1. The number of esters is 1. The Labute approximate surface area is 144 Å². The summed E-state index contributed by atoms with van der Waals surface area (Å²) in [4.78, 5) is 20.2. The minimum Gasteiger partial charge on any atom is -0.465 e. The molecule has 0 unspecified atom stereocenters. The topological polar surface area (TPSA) is 85.4 Å². The smallest absolute Gasteiger partial charge is 0.325 e. The lowest BCUT2D eigenvalue weighted by molar-refractivity contribution is -0.140. The van der Waals surface area contributed by atoms with Gasteiger partial charge in [-0.1, -0.05) is 0 Å². The summed E-state index contributed by atoms with van der Waals surface area (Å²) in [6.07, 6.45) is 6.04. The van der Waals surface area contributed by atoms with Crippen LogP contribution in [0.1, 0.15) is 32.6 Å². The van der Waals surface area contributed by atoms with Crippen molar-refractivity contribution in [1.82, 2.24) is 9.97 Å². The van der Waals surface area contributed by atoms with Crippen molar-refractivity contribution in [3.63, 3.8) is 0 Å². The van der Waals surface area contributed by atoms with Gasteiger partial charge in [0.05, 0.1) is 18.9 Å². The summed E-state index contributed by atoms with van der Waals surface area (Å²) in [6.45, 7) is 2.20. The highest BCUT2D eigenvalue weighted by atomic mass is 79.9. The molecule has 1 aliphatic rings. The third-order valence-electron chi connectivity index (χ3n) is 3.80. The molecule has 0 amide bonds. The van der Waals surface area contributed by atoms with Crippen LogP contribution >= 0.6 is 15.9 Å². The molecule has 1 heterocycles. The predicted octanol–water partition coefficient (Wildman–Crippen LogP) is 2.58. The van der Waals surface area contributed by atoms with Gasteiger partial charge in [0.25, 0.3) is 0 Å². The molecule has 1 aromatic heterocycles. The number of hydrogen-bond donors (Lipinski definition) is 2. The van der Waals surface area contributed by atoms with E-state index in [-0.39, 0.29) is 12.5 Å². The Kier molecular flexibility index (Phi) is 7.04. The second-order valence-electron chi connectivity index (χ2n) is 5.40. The highest BCUT2D eigenvalue weighted by Crippen LogP contribution is 2.26. The van der Waals surface area contributed by atoms with Crippen LogP contribution in [-0.4, -0.2) is 48.3 Å². The molecule has 2 N–H and O–H groups in total. The molecule has 8 heteroatoms. The van der Waals surface area contributed by atoms with Gasteiger partial charge in [0.15, 0.2) is 11.6 Å². The Morgan fingerprint density at radius 3 is 2.74 bits per heavy atom. The maximum absolute atomic E-state index is 11.5. The Morgan fingerprint density at radius 2 is 2.09 bits per heavy atom. The first-order valence-electron chi connectivity index (χ1n) is 7.83. The normalized spacial score (nSPS) is 20.8. The fourth-order valence-electron chi connectivity index (χ4n) is 2.60. The molecule has 23 heavy (non-hydrogen) atoms. The van der Waals surface area contributed by atoms with Gasteiger partial charge in [0.2, 0.25) is 0 Å². The van der Waals surface area contributed by atoms with E-state index >= 15 is 0 Å². The van der Waals surface area contributed by atoms with Crippen LogP contribution in [0.2, 0.25) is 0 Å². The van der Waals surface area contributed by atoms with E-state index in [4.69, 9.17) is 9.47 Å². The van der Waals surface area contributed by atoms with E-state index in [1.165, 1.54) is 0 Å². The minimum atomic E-state index is -0.316. The van der Waals surface area contributed by atoms with Gasteiger partial charge in [0.1, 0.15) is 11.1 Å². The van der Waals surface area contributed by atoms with Crippen LogP contribution in [0.3, 0.4) is 0 Å². The molecule has 0 spiro atoms. The van der Waals surface area contributed by atoms with E-state index in [0.29, 0.717) is 35.0 Å². The quantitative estimate of drug-likeness (QED) is 0.696. The van der Waals surface area contributed by atoms with Gasteiger partial charge >= 0.3 is 5.97 Å². The molecule has 1 aromatic rings. The van der Waals surface area contributed by atoms with Gasteiger partial charge in [-0.3, -0.25) is 4.79 Å². The average Bonchev–Trinajstić information content (AvgIpc) is 2.55. The van der Waals surface area contributed by atoms with E-state index in [1.807, 2.05) is 0 Å². The van der Waals surface area contributed by atoms with Crippen molar-refractivity contribution >= 4 is 33.5 Å². The molecule has 0 atom stereocenters. The van der Waals surface area contributed by atoms with E-state index in [9.17, 15) is 4.79 Å². The first kappa shape index (κ1) is 17.9. The standard InChI is InChI=1S/C15H23BrN4O3/c1-3-23-13(21)9-18-14-15(20-12(16)8-17-14)19-10-4-6-11(22-2)7-5-10/h8,10-11H,3-7,9H2,1-2H3,(H,17,18)(H,19,20). The van der Waals surface area contributed by atoms with Crippen LogP contribution in [-0.2, 0) is 14.3 Å². The zero-order chi connectivity index (χ0) is 16.7. The van der Waals surface area contributed by atoms with Crippen molar-refractivity contribution in [2.24, 2.45) is 0 Å². The number of nitrogens with zero attached hydrogens (tertiary/aromatic N) is 2. The third kappa shape index (κ3) is 5.62. The van der Waals surface area contributed by atoms with Crippen molar-refractivity contribution in [3.05, 3.63) is 10.8 Å². The van der Waals surface area contributed by atoms with Crippen LogP contribution in [0.15, 0.2) is 10.8 Å². The fraction of sp³-hybridized carbons (Fsp3) is 0.667. The van der Waals surface area contributed by atoms with E-state index < -0.39 is 0 Å². The number of aromatic nitrogens is 2. The number of rotatable bonds is 7. The van der Waals surface area contributed by atoms with Crippen LogP contribution in [0.25, 0.3) is 0 Å². The number of carbonyl (C=O) groups excluding carboxylic acids is 1. The summed E-state index contributed by atoms with van der Waals surface area (Å²) < 4.78 is 10.9. The summed E-state index contributed by atoms with van der Waals surface area (Å²) >= 11 is 3.33. The highest BCUT2D eigenvalue weighted by Gasteiger charge is 2.22. The molecule has 1 aliphatic carbocycles. The molecule has 0 aromatic carbocycles. The number of hydrogen-bond acceptors (Lipinski definition) is 7. The SMILES string of the molecule is CCOC(=O)CNc1ncc(Br)nc1NC1CCC(OC)CC1. The largest absolute Gasteiger partial charge is 0.465 e. The highest BCUT2D eigenvalue weighted by molar-refractivity contribution is 9.10. The van der Waals surface area contributed by atoms with Gasteiger partial charge < -0.3 is 20.1 Å². The van der Waals surface area contributed by atoms with Crippen molar-refractivity contribution in [2.45, 2.75) is 44.8 Å². The summed E-state index contributed by atoms with van der Waals surface area (Å²) in [7, 11) is 1.76. The molecule has 0 radical (unpaired) electrons. The number of ether oxygens (including phenoxy) is 2. The molecule has 0 saturated heterocycles. The molecular formula is C15H23BrN4O3. The zero-order valence-corrected chi connectivity index (χ0v) is 15.1. The second kappa shape index (κ2) is 9.02. The van der Waals surface area contributed by atoms with Gasteiger partial charge in [-0.15, -0.1) is 0 Å². The number of nitrogens with one attached hydrogen (secondary N) is 2. The van der Waals surface area contributed by atoms with Gasteiger partial charge in [-0.25, -0.2) is 9.97 Å². The monoisotopic (exact) mass is 386 g/mol. The predicted molar refractivity (Wildman–Crippen MR) is 91.5 cm³/mol. The van der Waals surface area contributed by atoms with Crippen LogP contribution in [0, 0.1) is 0 Å². The Morgan fingerprint density at radius 1 is 1.35 bits per heavy atom. The fourth-order valence-corrected chi connectivity index (χ4v) is 2.88. The lowest BCUT2D eigenvalue weighted by Crippen LogP contribution is -2.30. The van der Waals surface area contributed by atoms with Crippen molar-refractivity contribution in [1.29, 1.82) is 0 Å². The molecule has 128 valence electrons. The first-order valence-corrected chi connectivity index (χ1v) is 8.63. The van der Waals surface area contributed by atoms with Crippen molar-refractivity contribution < 1.29 is 14.3 Å². The summed E-state index contributed by atoms with van der Waals surface area (Å²) in [5.74, 6) is 0.878. The second-order valence-corrected chi connectivity index (χ2v) is 6.21. The van der Waals surface area contributed by atoms with Crippen LogP contribution in [0.5, 0.6) is 0 Å². The zero-order valence-electron chi connectivity index (χ0n) is 13.5. The number of halogens is 1. The minimum absolute atomic E-state index is 0.0647. The Bertz CT molecular complexity index is 521. The van der Waals surface area contributed by atoms with Gasteiger partial charge in [0, 0.05) is 13.2 Å². The molecule has 2 rings (SSSR count). The maximum Gasteiger partial charge on any atom is 0.325 e. The number of carbonyl (C=O) groups is 1. The lowest BCUT2D eigenvalue weighted by Gasteiger charge is -2.29. The summed E-state index contributed by atoms with van der Waals surface area (Å²) in [5.41, 5.74) is 0. The molecule has 0 aliphatic heterocycles. The molecular weight excluding hydrogens is 364 g/mol. The third-order valence-corrected chi connectivity index (χ3v) is 4.18. The Hall–Kier alpha value is -1.41.